The lowest BCUT2D eigenvalue weighted by atomic mass is 10.1. The highest BCUT2D eigenvalue weighted by atomic mass is 16.5. The van der Waals surface area contributed by atoms with E-state index in [4.69, 9.17) is 10.5 Å². The summed E-state index contributed by atoms with van der Waals surface area (Å²) in [5.41, 5.74) is 7.59. The van der Waals surface area contributed by atoms with Crippen molar-refractivity contribution in [3.63, 3.8) is 0 Å². The van der Waals surface area contributed by atoms with Crippen LogP contribution in [0.2, 0.25) is 0 Å². The molecule has 0 aliphatic carbocycles. The van der Waals surface area contributed by atoms with Gasteiger partial charge < -0.3 is 20.7 Å². The standard InChI is InChI=1S/C17H21N5O3/c18-9-13-1-3-14(4-2-13)17(24)20-15-10-19-22(11-15)12-16(23)21-5-7-25-8-6-21/h1-4,10-11H,5-9,12,18H2,(H,20,24). The maximum atomic E-state index is 12.2. The molecule has 2 amide bonds. The van der Waals surface area contributed by atoms with Crippen molar-refractivity contribution in [3.8, 4) is 0 Å². The lowest BCUT2D eigenvalue weighted by Gasteiger charge is -2.26. The van der Waals surface area contributed by atoms with Gasteiger partial charge in [0.1, 0.15) is 6.54 Å². The molecular weight excluding hydrogens is 322 g/mol. The Morgan fingerprint density at radius 1 is 1.20 bits per heavy atom. The number of aromatic nitrogens is 2. The summed E-state index contributed by atoms with van der Waals surface area (Å²) in [6.45, 7) is 2.90. The van der Waals surface area contributed by atoms with Gasteiger partial charge >= 0.3 is 0 Å². The van der Waals surface area contributed by atoms with E-state index in [0.717, 1.165) is 5.56 Å². The minimum Gasteiger partial charge on any atom is -0.378 e. The first-order chi connectivity index (χ1) is 12.2. The number of amides is 2. The third-order valence-corrected chi connectivity index (χ3v) is 4.00. The van der Waals surface area contributed by atoms with E-state index in [9.17, 15) is 9.59 Å². The number of ether oxygens (including phenoxy) is 1. The monoisotopic (exact) mass is 343 g/mol. The van der Waals surface area contributed by atoms with Crippen LogP contribution in [0.5, 0.6) is 0 Å². The zero-order chi connectivity index (χ0) is 17.6. The summed E-state index contributed by atoms with van der Waals surface area (Å²) in [7, 11) is 0. The smallest absolute Gasteiger partial charge is 0.255 e. The lowest BCUT2D eigenvalue weighted by molar-refractivity contribution is -0.136. The average molecular weight is 343 g/mol. The number of benzene rings is 1. The SMILES string of the molecule is NCc1ccc(C(=O)Nc2cnn(CC(=O)N3CCOCC3)c2)cc1. The molecule has 3 N–H and O–H groups in total. The number of hydrogen-bond acceptors (Lipinski definition) is 5. The van der Waals surface area contributed by atoms with Crippen LogP contribution in [0.25, 0.3) is 0 Å². The Kier molecular flexibility index (Phi) is 5.42. The first kappa shape index (κ1) is 17.1. The predicted octanol–water partition coefficient (Wildman–Crippen LogP) is 0.453. The van der Waals surface area contributed by atoms with Crippen LogP contribution < -0.4 is 11.1 Å². The second-order valence-corrected chi connectivity index (χ2v) is 5.77. The number of hydrogen-bond donors (Lipinski definition) is 2. The number of carbonyl (C=O) groups excluding carboxylic acids is 2. The van der Waals surface area contributed by atoms with E-state index in [0.29, 0.717) is 44.1 Å². The second kappa shape index (κ2) is 7.91. The quantitative estimate of drug-likeness (QED) is 0.821. The van der Waals surface area contributed by atoms with Gasteiger partial charge in [0.25, 0.3) is 5.91 Å². The molecule has 0 unspecified atom stereocenters. The normalized spacial score (nSPS) is 14.4. The van der Waals surface area contributed by atoms with Crippen molar-refractivity contribution in [2.75, 3.05) is 31.6 Å². The Labute approximate surface area is 145 Å². The molecule has 1 aromatic heterocycles. The van der Waals surface area contributed by atoms with Crippen molar-refractivity contribution >= 4 is 17.5 Å². The molecule has 0 saturated carbocycles. The highest BCUT2D eigenvalue weighted by molar-refractivity contribution is 6.04. The molecule has 1 saturated heterocycles. The van der Waals surface area contributed by atoms with Crippen LogP contribution in [0.4, 0.5) is 5.69 Å². The summed E-state index contributed by atoms with van der Waals surface area (Å²) >= 11 is 0. The molecule has 1 aliphatic rings. The van der Waals surface area contributed by atoms with E-state index in [1.165, 1.54) is 10.9 Å². The van der Waals surface area contributed by atoms with Crippen LogP contribution in [0, 0.1) is 0 Å². The molecule has 0 atom stereocenters. The molecule has 1 aromatic carbocycles. The van der Waals surface area contributed by atoms with E-state index < -0.39 is 0 Å². The topological polar surface area (TPSA) is 102 Å². The fourth-order valence-electron chi connectivity index (χ4n) is 2.56. The van der Waals surface area contributed by atoms with Gasteiger partial charge in [-0.1, -0.05) is 12.1 Å². The van der Waals surface area contributed by atoms with Gasteiger partial charge in [-0.25, -0.2) is 0 Å². The molecule has 2 aromatic rings. The molecule has 1 fully saturated rings. The number of nitrogens with two attached hydrogens (primary N) is 1. The first-order valence-corrected chi connectivity index (χ1v) is 8.14. The fraction of sp³-hybridized carbons (Fsp3) is 0.353. The van der Waals surface area contributed by atoms with Crippen molar-refractivity contribution in [1.29, 1.82) is 0 Å². The summed E-state index contributed by atoms with van der Waals surface area (Å²) in [5.74, 6) is -0.246. The predicted molar refractivity (Wildman–Crippen MR) is 91.9 cm³/mol. The van der Waals surface area contributed by atoms with E-state index in [2.05, 4.69) is 10.4 Å². The summed E-state index contributed by atoms with van der Waals surface area (Å²) in [4.78, 5) is 26.2. The zero-order valence-electron chi connectivity index (χ0n) is 13.9. The van der Waals surface area contributed by atoms with Crippen LogP contribution in [-0.2, 0) is 22.6 Å². The average Bonchev–Trinajstić information content (AvgIpc) is 3.09. The maximum Gasteiger partial charge on any atom is 0.255 e. The first-order valence-electron chi connectivity index (χ1n) is 8.14. The van der Waals surface area contributed by atoms with Gasteiger partial charge in [0.2, 0.25) is 5.91 Å². The van der Waals surface area contributed by atoms with E-state index in [1.807, 2.05) is 12.1 Å². The zero-order valence-corrected chi connectivity index (χ0v) is 13.9. The van der Waals surface area contributed by atoms with Gasteiger partial charge in [-0.05, 0) is 17.7 Å². The lowest BCUT2D eigenvalue weighted by Crippen LogP contribution is -2.42. The van der Waals surface area contributed by atoms with Crippen LogP contribution >= 0.6 is 0 Å². The van der Waals surface area contributed by atoms with E-state index in [1.54, 1.807) is 23.2 Å². The minimum absolute atomic E-state index is 0.0124. The third kappa shape index (κ3) is 4.43. The van der Waals surface area contributed by atoms with Crippen molar-refractivity contribution in [2.45, 2.75) is 13.1 Å². The van der Waals surface area contributed by atoms with Crippen molar-refractivity contribution in [1.82, 2.24) is 14.7 Å². The maximum absolute atomic E-state index is 12.2. The summed E-state index contributed by atoms with van der Waals surface area (Å²) in [6.07, 6.45) is 3.17. The number of morpholine rings is 1. The van der Waals surface area contributed by atoms with E-state index >= 15 is 0 Å². The highest BCUT2D eigenvalue weighted by Gasteiger charge is 2.17. The Balaban J connectivity index is 1.57. The highest BCUT2D eigenvalue weighted by Crippen LogP contribution is 2.10. The molecule has 25 heavy (non-hydrogen) atoms. The molecular formula is C17H21N5O3. The summed E-state index contributed by atoms with van der Waals surface area (Å²) in [5, 5.41) is 6.90. The van der Waals surface area contributed by atoms with Crippen LogP contribution in [-0.4, -0.2) is 52.8 Å². The molecule has 1 aliphatic heterocycles. The van der Waals surface area contributed by atoms with Gasteiger partial charge in [0, 0.05) is 31.4 Å². The Bertz CT molecular complexity index is 735. The molecule has 0 spiro atoms. The molecule has 0 bridgehead atoms. The molecule has 8 heteroatoms. The Hall–Kier alpha value is -2.71. The summed E-state index contributed by atoms with van der Waals surface area (Å²) < 4.78 is 6.75. The van der Waals surface area contributed by atoms with Crippen molar-refractivity contribution in [2.24, 2.45) is 5.73 Å². The number of rotatable bonds is 5. The third-order valence-electron chi connectivity index (χ3n) is 4.00. The van der Waals surface area contributed by atoms with Gasteiger partial charge in [-0.2, -0.15) is 5.10 Å². The van der Waals surface area contributed by atoms with Crippen molar-refractivity contribution in [3.05, 3.63) is 47.8 Å². The molecule has 2 heterocycles. The number of anilines is 1. The fourth-order valence-corrected chi connectivity index (χ4v) is 2.56. The Morgan fingerprint density at radius 2 is 1.92 bits per heavy atom. The Morgan fingerprint density at radius 3 is 2.60 bits per heavy atom. The van der Waals surface area contributed by atoms with Crippen molar-refractivity contribution < 1.29 is 14.3 Å². The van der Waals surface area contributed by atoms with Gasteiger partial charge in [0.05, 0.1) is 25.1 Å². The van der Waals surface area contributed by atoms with Gasteiger partial charge in [-0.3, -0.25) is 14.3 Å². The largest absolute Gasteiger partial charge is 0.378 e. The van der Waals surface area contributed by atoms with E-state index in [-0.39, 0.29) is 18.4 Å². The summed E-state index contributed by atoms with van der Waals surface area (Å²) in [6, 6.07) is 7.09. The second-order valence-electron chi connectivity index (χ2n) is 5.77. The molecule has 132 valence electrons. The molecule has 0 radical (unpaired) electrons. The van der Waals surface area contributed by atoms with Crippen LogP contribution in [0.1, 0.15) is 15.9 Å². The van der Waals surface area contributed by atoms with Gasteiger partial charge in [0.15, 0.2) is 0 Å². The molecule has 3 rings (SSSR count). The van der Waals surface area contributed by atoms with Crippen LogP contribution in [0.3, 0.4) is 0 Å². The number of nitrogens with one attached hydrogen (secondary N) is 1. The van der Waals surface area contributed by atoms with Gasteiger partial charge in [-0.15, -0.1) is 0 Å². The van der Waals surface area contributed by atoms with Crippen LogP contribution in [0.15, 0.2) is 36.7 Å². The molecule has 8 nitrogen and oxygen atoms in total. The minimum atomic E-state index is -0.234. The number of carbonyl (C=O) groups is 2. The number of nitrogens with zero attached hydrogens (tertiary/aromatic N) is 3.